The normalized spacial score (nSPS) is 11.2. The third-order valence-electron chi connectivity index (χ3n) is 2.31. The largest absolute Gasteiger partial charge is 0.478 e. The standard InChI is InChI=1S/C12H8ClNO4/c13-6-1-3-9-8(5-6)11(17)7(12(14)18-9)2-4-10(15)16/h1-5H,14H2,(H,15,16)/b4-2+. The third kappa shape index (κ3) is 2.21. The average molecular weight is 266 g/mol. The smallest absolute Gasteiger partial charge is 0.328 e. The molecule has 0 unspecified atom stereocenters. The van der Waals surface area contributed by atoms with E-state index in [-0.39, 0.29) is 16.8 Å². The molecule has 0 aliphatic carbocycles. The van der Waals surface area contributed by atoms with Crippen molar-refractivity contribution in [2.75, 3.05) is 5.73 Å². The Kier molecular flexibility index (Phi) is 3.08. The summed E-state index contributed by atoms with van der Waals surface area (Å²) in [5.74, 6) is -1.31. The fourth-order valence-electron chi connectivity index (χ4n) is 1.51. The summed E-state index contributed by atoms with van der Waals surface area (Å²) in [4.78, 5) is 22.5. The predicted molar refractivity (Wildman–Crippen MR) is 68.6 cm³/mol. The minimum absolute atomic E-state index is 0.00725. The second kappa shape index (κ2) is 4.54. The Bertz CT molecular complexity index is 718. The lowest BCUT2D eigenvalue weighted by molar-refractivity contribution is -0.131. The molecular weight excluding hydrogens is 258 g/mol. The maximum atomic E-state index is 12.1. The molecule has 0 amide bonds. The van der Waals surface area contributed by atoms with Crippen molar-refractivity contribution in [3.05, 3.63) is 45.1 Å². The van der Waals surface area contributed by atoms with Gasteiger partial charge in [-0.1, -0.05) is 11.6 Å². The minimum atomic E-state index is -1.18. The number of nitrogens with two attached hydrogens (primary N) is 1. The van der Waals surface area contributed by atoms with Crippen molar-refractivity contribution in [1.82, 2.24) is 0 Å². The monoisotopic (exact) mass is 265 g/mol. The predicted octanol–water partition coefficient (Wildman–Crippen LogP) is 2.13. The minimum Gasteiger partial charge on any atom is -0.478 e. The number of hydrogen-bond acceptors (Lipinski definition) is 4. The Morgan fingerprint density at radius 3 is 2.83 bits per heavy atom. The zero-order valence-corrected chi connectivity index (χ0v) is 9.77. The Morgan fingerprint density at radius 1 is 1.44 bits per heavy atom. The van der Waals surface area contributed by atoms with Gasteiger partial charge in [0.1, 0.15) is 5.58 Å². The summed E-state index contributed by atoms with van der Waals surface area (Å²) < 4.78 is 5.24. The van der Waals surface area contributed by atoms with E-state index in [4.69, 9.17) is 26.9 Å². The van der Waals surface area contributed by atoms with Crippen LogP contribution in [0.25, 0.3) is 17.0 Å². The summed E-state index contributed by atoms with van der Waals surface area (Å²) in [6, 6.07) is 4.54. The molecule has 2 rings (SSSR count). The van der Waals surface area contributed by atoms with Crippen LogP contribution in [0.2, 0.25) is 5.02 Å². The van der Waals surface area contributed by atoms with Crippen molar-refractivity contribution in [2.24, 2.45) is 0 Å². The number of carbonyl (C=O) groups is 1. The Balaban J connectivity index is 2.75. The van der Waals surface area contributed by atoms with E-state index >= 15 is 0 Å². The molecule has 0 atom stereocenters. The number of anilines is 1. The van der Waals surface area contributed by atoms with Gasteiger partial charge in [-0.15, -0.1) is 0 Å². The van der Waals surface area contributed by atoms with Gasteiger partial charge in [-0.3, -0.25) is 4.79 Å². The van der Waals surface area contributed by atoms with Crippen LogP contribution in [-0.2, 0) is 4.79 Å². The molecule has 92 valence electrons. The van der Waals surface area contributed by atoms with Crippen LogP contribution in [0.15, 0.2) is 33.5 Å². The van der Waals surface area contributed by atoms with Gasteiger partial charge in [-0.05, 0) is 24.3 Å². The summed E-state index contributed by atoms with van der Waals surface area (Å²) in [7, 11) is 0. The second-order valence-corrected chi connectivity index (χ2v) is 3.96. The lowest BCUT2D eigenvalue weighted by Gasteiger charge is -2.02. The van der Waals surface area contributed by atoms with Crippen LogP contribution < -0.4 is 11.2 Å². The molecule has 1 aromatic heterocycles. The molecule has 0 saturated heterocycles. The zero-order valence-electron chi connectivity index (χ0n) is 9.01. The van der Waals surface area contributed by atoms with Crippen molar-refractivity contribution < 1.29 is 14.3 Å². The number of nitrogen functional groups attached to an aromatic ring is 1. The Morgan fingerprint density at radius 2 is 2.17 bits per heavy atom. The van der Waals surface area contributed by atoms with Crippen molar-refractivity contribution in [1.29, 1.82) is 0 Å². The lowest BCUT2D eigenvalue weighted by Crippen LogP contribution is -2.09. The first kappa shape index (κ1) is 12.2. The average Bonchev–Trinajstić information content (AvgIpc) is 2.30. The number of fused-ring (bicyclic) bond motifs is 1. The number of hydrogen-bond donors (Lipinski definition) is 2. The molecule has 0 fully saturated rings. The first-order chi connectivity index (χ1) is 8.49. The van der Waals surface area contributed by atoms with Crippen LogP contribution in [0, 0.1) is 0 Å². The van der Waals surface area contributed by atoms with Crippen LogP contribution in [0.4, 0.5) is 5.88 Å². The quantitative estimate of drug-likeness (QED) is 0.811. The highest BCUT2D eigenvalue weighted by molar-refractivity contribution is 6.31. The third-order valence-corrected chi connectivity index (χ3v) is 2.54. The van der Waals surface area contributed by atoms with E-state index in [2.05, 4.69) is 0 Å². The molecule has 0 spiro atoms. The molecule has 0 saturated carbocycles. The lowest BCUT2D eigenvalue weighted by atomic mass is 10.1. The van der Waals surface area contributed by atoms with E-state index < -0.39 is 11.4 Å². The molecular formula is C12H8ClNO4. The maximum Gasteiger partial charge on any atom is 0.328 e. The molecule has 18 heavy (non-hydrogen) atoms. The molecule has 1 aromatic carbocycles. The molecule has 0 bridgehead atoms. The van der Waals surface area contributed by atoms with E-state index in [0.29, 0.717) is 10.6 Å². The van der Waals surface area contributed by atoms with Gasteiger partial charge >= 0.3 is 5.97 Å². The molecule has 0 radical (unpaired) electrons. The van der Waals surface area contributed by atoms with Gasteiger partial charge in [0.05, 0.1) is 10.9 Å². The zero-order chi connectivity index (χ0) is 13.3. The highest BCUT2D eigenvalue weighted by Crippen LogP contribution is 2.21. The van der Waals surface area contributed by atoms with Gasteiger partial charge in [0.25, 0.3) is 0 Å². The molecule has 0 aliphatic heterocycles. The highest BCUT2D eigenvalue weighted by Gasteiger charge is 2.10. The topological polar surface area (TPSA) is 93.5 Å². The number of carboxylic acids is 1. The summed E-state index contributed by atoms with van der Waals surface area (Å²) in [5, 5.41) is 9.17. The van der Waals surface area contributed by atoms with E-state index in [1.165, 1.54) is 12.1 Å². The molecule has 3 N–H and O–H groups in total. The maximum absolute atomic E-state index is 12.1. The van der Waals surface area contributed by atoms with Gasteiger partial charge < -0.3 is 15.3 Å². The number of rotatable bonds is 2. The Hall–Kier alpha value is -2.27. The molecule has 2 aromatic rings. The highest BCUT2D eigenvalue weighted by atomic mass is 35.5. The molecule has 1 heterocycles. The summed E-state index contributed by atoms with van der Waals surface area (Å²) in [6.45, 7) is 0. The fraction of sp³-hybridized carbons (Fsp3) is 0. The van der Waals surface area contributed by atoms with Crippen LogP contribution in [0.3, 0.4) is 0 Å². The first-order valence-electron chi connectivity index (χ1n) is 4.92. The van der Waals surface area contributed by atoms with Crippen molar-refractivity contribution in [3.63, 3.8) is 0 Å². The number of benzene rings is 1. The fourth-order valence-corrected chi connectivity index (χ4v) is 1.68. The van der Waals surface area contributed by atoms with Gasteiger partial charge in [0.15, 0.2) is 0 Å². The van der Waals surface area contributed by atoms with Crippen LogP contribution in [0.5, 0.6) is 0 Å². The Labute approximate surface area is 106 Å². The molecule has 5 nitrogen and oxygen atoms in total. The summed E-state index contributed by atoms with van der Waals surface area (Å²) >= 11 is 5.79. The van der Waals surface area contributed by atoms with Crippen LogP contribution >= 0.6 is 11.6 Å². The molecule has 0 aliphatic rings. The SMILES string of the molecule is Nc1oc2ccc(Cl)cc2c(=O)c1/C=C/C(=O)O. The summed E-state index contributed by atoms with van der Waals surface area (Å²) in [6.07, 6.45) is 1.92. The molecule has 6 heteroatoms. The van der Waals surface area contributed by atoms with Gasteiger partial charge in [0.2, 0.25) is 11.3 Å². The second-order valence-electron chi connectivity index (χ2n) is 3.52. The van der Waals surface area contributed by atoms with Crippen molar-refractivity contribution in [2.45, 2.75) is 0 Å². The van der Waals surface area contributed by atoms with Gasteiger partial charge in [-0.25, -0.2) is 4.79 Å². The van der Waals surface area contributed by atoms with E-state index in [9.17, 15) is 9.59 Å². The van der Waals surface area contributed by atoms with E-state index in [0.717, 1.165) is 12.2 Å². The number of aliphatic carboxylic acids is 1. The van der Waals surface area contributed by atoms with E-state index in [1.54, 1.807) is 6.07 Å². The van der Waals surface area contributed by atoms with Crippen molar-refractivity contribution in [3.8, 4) is 0 Å². The van der Waals surface area contributed by atoms with E-state index in [1.807, 2.05) is 0 Å². The van der Waals surface area contributed by atoms with Crippen LogP contribution in [0.1, 0.15) is 5.56 Å². The number of carboxylic acid groups (broad SMARTS) is 1. The van der Waals surface area contributed by atoms with Crippen LogP contribution in [-0.4, -0.2) is 11.1 Å². The van der Waals surface area contributed by atoms with Gasteiger partial charge in [-0.2, -0.15) is 0 Å². The summed E-state index contributed by atoms with van der Waals surface area (Å²) in [5.41, 5.74) is 5.44. The number of halogens is 1. The van der Waals surface area contributed by atoms with Crippen molar-refractivity contribution >= 4 is 40.5 Å². The van der Waals surface area contributed by atoms with Gasteiger partial charge in [0, 0.05) is 11.1 Å². The first-order valence-corrected chi connectivity index (χ1v) is 5.29.